The zero-order valence-electron chi connectivity index (χ0n) is 15.3. The Kier molecular flexibility index (Phi) is 4.84. The maximum Gasteiger partial charge on any atom is 0.240 e. The maximum absolute atomic E-state index is 13.9. The number of hydrogen-bond acceptors (Lipinski definition) is 4. The third kappa shape index (κ3) is 3.88. The average Bonchev–Trinajstić information content (AvgIpc) is 3.57. The Balaban J connectivity index is 1.51. The Bertz CT molecular complexity index is 1020. The van der Waals surface area contributed by atoms with Crippen LogP contribution in [0.5, 0.6) is 5.75 Å². The smallest absolute Gasteiger partial charge is 0.240 e. The van der Waals surface area contributed by atoms with Gasteiger partial charge in [-0.15, -0.1) is 0 Å². The van der Waals surface area contributed by atoms with E-state index < -0.39 is 10.0 Å². The second-order valence-electron chi connectivity index (χ2n) is 7.22. The van der Waals surface area contributed by atoms with E-state index in [1.54, 1.807) is 18.2 Å². The Morgan fingerprint density at radius 3 is 2.61 bits per heavy atom. The number of nitrogens with one attached hydrogen (secondary N) is 2. The number of ether oxygens (including phenoxy) is 1. The lowest BCUT2D eigenvalue weighted by molar-refractivity contribution is -0.117. The molecule has 0 bridgehead atoms. The summed E-state index contributed by atoms with van der Waals surface area (Å²) in [6.45, 7) is 0. The van der Waals surface area contributed by atoms with Crippen LogP contribution in [0, 0.1) is 11.7 Å². The SMILES string of the molecule is COc1ccc(S(=O)(=O)NC2CC2)cc1NC(=O)C1CC1c1ccccc1F. The molecule has 2 fully saturated rings. The van der Waals surface area contributed by atoms with Crippen molar-refractivity contribution in [2.75, 3.05) is 12.4 Å². The van der Waals surface area contributed by atoms with Crippen LogP contribution < -0.4 is 14.8 Å². The molecule has 2 N–H and O–H groups in total. The average molecular weight is 404 g/mol. The van der Waals surface area contributed by atoms with Gasteiger partial charge in [0.1, 0.15) is 11.6 Å². The molecular formula is C20H21FN2O4S. The number of halogens is 1. The van der Waals surface area contributed by atoms with Crippen LogP contribution in [0.3, 0.4) is 0 Å². The molecule has 4 rings (SSSR count). The number of methoxy groups -OCH3 is 1. The molecule has 0 aromatic heterocycles. The van der Waals surface area contributed by atoms with Gasteiger partial charge >= 0.3 is 0 Å². The Morgan fingerprint density at radius 1 is 1.18 bits per heavy atom. The van der Waals surface area contributed by atoms with Gasteiger partial charge < -0.3 is 10.1 Å². The molecule has 148 valence electrons. The van der Waals surface area contributed by atoms with Crippen LogP contribution in [-0.4, -0.2) is 27.5 Å². The van der Waals surface area contributed by atoms with Crippen LogP contribution in [0.25, 0.3) is 0 Å². The van der Waals surface area contributed by atoms with Crippen LogP contribution in [0.1, 0.15) is 30.7 Å². The zero-order valence-corrected chi connectivity index (χ0v) is 16.1. The van der Waals surface area contributed by atoms with Crippen molar-refractivity contribution in [3.8, 4) is 5.75 Å². The van der Waals surface area contributed by atoms with Gasteiger partial charge in [0.25, 0.3) is 0 Å². The fourth-order valence-electron chi connectivity index (χ4n) is 3.27. The van der Waals surface area contributed by atoms with E-state index in [0.717, 1.165) is 12.8 Å². The van der Waals surface area contributed by atoms with Crippen molar-refractivity contribution in [3.63, 3.8) is 0 Å². The third-order valence-electron chi connectivity index (χ3n) is 5.07. The first-order chi connectivity index (χ1) is 13.4. The summed E-state index contributed by atoms with van der Waals surface area (Å²) in [6.07, 6.45) is 2.21. The van der Waals surface area contributed by atoms with Gasteiger partial charge in [0, 0.05) is 12.0 Å². The number of hydrogen-bond donors (Lipinski definition) is 2. The molecule has 2 aromatic carbocycles. The van der Waals surface area contributed by atoms with Crippen molar-refractivity contribution in [2.45, 2.75) is 36.1 Å². The normalized spacial score (nSPS) is 21.2. The van der Waals surface area contributed by atoms with Crippen LogP contribution >= 0.6 is 0 Å². The molecule has 0 radical (unpaired) electrons. The molecule has 2 atom stereocenters. The highest BCUT2D eigenvalue weighted by Crippen LogP contribution is 2.49. The van der Waals surface area contributed by atoms with E-state index in [0.29, 0.717) is 17.7 Å². The summed E-state index contributed by atoms with van der Waals surface area (Å²) in [4.78, 5) is 12.7. The standard InChI is InChI=1S/C20H21FN2O4S/c1-27-19-9-8-13(28(25,26)23-12-6-7-12)10-18(19)22-20(24)16-11-15(16)14-4-2-3-5-17(14)21/h2-5,8-10,12,15-16,23H,6-7,11H2,1H3,(H,22,24). The van der Waals surface area contributed by atoms with Crippen molar-refractivity contribution in [1.82, 2.24) is 4.72 Å². The van der Waals surface area contributed by atoms with Gasteiger partial charge in [-0.3, -0.25) is 4.79 Å². The fraction of sp³-hybridized carbons (Fsp3) is 0.350. The van der Waals surface area contributed by atoms with Crippen LogP contribution in [-0.2, 0) is 14.8 Å². The van der Waals surface area contributed by atoms with Crippen molar-refractivity contribution in [2.24, 2.45) is 5.92 Å². The molecule has 8 heteroatoms. The predicted octanol–water partition coefficient (Wildman–Crippen LogP) is 3.02. The predicted molar refractivity (Wildman–Crippen MR) is 102 cm³/mol. The Morgan fingerprint density at radius 2 is 1.93 bits per heavy atom. The molecule has 2 aromatic rings. The van der Waals surface area contributed by atoms with E-state index in [1.807, 2.05) is 0 Å². The van der Waals surface area contributed by atoms with E-state index in [-0.39, 0.29) is 40.2 Å². The molecular weight excluding hydrogens is 383 g/mol. The highest BCUT2D eigenvalue weighted by atomic mass is 32.2. The van der Waals surface area contributed by atoms with Gasteiger partial charge in [0.05, 0.1) is 17.7 Å². The van der Waals surface area contributed by atoms with Crippen LogP contribution in [0.2, 0.25) is 0 Å². The van der Waals surface area contributed by atoms with E-state index in [1.165, 1.54) is 31.4 Å². The van der Waals surface area contributed by atoms with Gasteiger partial charge in [-0.25, -0.2) is 17.5 Å². The van der Waals surface area contributed by atoms with Crippen LogP contribution in [0.4, 0.5) is 10.1 Å². The second kappa shape index (κ2) is 7.18. The number of sulfonamides is 1. The van der Waals surface area contributed by atoms with Gasteiger partial charge in [0.2, 0.25) is 15.9 Å². The molecule has 0 spiro atoms. The number of amides is 1. The largest absolute Gasteiger partial charge is 0.495 e. The lowest BCUT2D eigenvalue weighted by Crippen LogP contribution is -2.26. The zero-order chi connectivity index (χ0) is 19.9. The first-order valence-corrected chi connectivity index (χ1v) is 10.6. The molecule has 0 aliphatic heterocycles. The van der Waals surface area contributed by atoms with Gasteiger partial charge in [-0.2, -0.15) is 0 Å². The van der Waals surface area contributed by atoms with Crippen molar-refractivity contribution in [3.05, 3.63) is 53.8 Å². The monoisotopic (exact) mass is 404 g/mol. The summed E-state index contributed by atoms with van der Waals surface area (Å²) in [5.74, 6) is -0.764. The summed E-state index contributed by atoms with van der Waals surface area (Å²) in [6, 6.07) is 10.8. The summed E-state index contributed by atoms with van der Waals surface area (Å²) in [5.41, 5.74) is 0.810. The molecule has 2 aliphatic rings. The van der Waals surface area contributed by atoms with E-state index >= 15 is 0 Å². The summed E-state index contributed by atoms with van der Waals surface area (Å²) in [7, 11) is -2.21. The van der Waals surface area contributed by atoms with Gasteiger partial charge in [-0.05, 0) is 55.0 Å². The number of anilines is 1. The van der Waals surface area contributed by atoms with E-state index in [9.17, 15) is 17.6 Å². The van der Waals surface area contributed by atoms with Crippen molar-refractivity contribution < 1.29 is 22.3 Å². The van der Waals surface area contributed by atoms with Gasteiger partial charge in [0.15, 0.2) is 0 Å². The highest BCUT2D eigenvalue weighted by molar-refractivity contribution is 7.89. The molecule has 2 saturated carbocycles. The first kappa shape index (κ1) is 18.9. The number of benzene rings is 2. The number of carbonyl (C=O) groups excluding carboxylic acids is 1. The van der Waals surface area contributed by atoms with Crippen LogP contribution in [0.15, 0.2) is 47.4 Å². The lowest BCUT2D eigenvalue weighted by Gasteiger charge is -2.13. The third-order valence-corrected chi connectivity index (χ3v) is 6.59. The molecule has 2 unspecified atom stereocenters. The minimum absolute atomic E-state index is 0.0156. The van der Waals surface area contributed by atoms with Crippen molar-refractivity contribution >= 4 is 21.6 Å². The number of carbonyl (C=O) groups is 1. The Hall–Kier alpha value is -2.45. The molecule has 2 aliphatic carbocycles. The maximum atomic E-state index is 13.9. The molecule has 0 saturated heterocycles. The van der Waals surface area contributed by atoms with E-state index in [2.05, 4.69) is 10.0 Å². The fourth-order valence-corrected chi connectivity index (χ4v) is 4.60. The summed E-state index contributed by atoms with van der Waals surface area (Å²) < 4.78 is 46.7. The summed E-state index contributed by atoms with van der Waals surface area (Å²) in [5, 5.41) is 2.75. The quantitative estimate of drug-likeness (QED) is 0.743. The molecule has 0 heterocycles. The Labute approximate surface area is 163 Å². The lowest BCUT2D eigenvalue weighted by atomic mass is 10.1. The number of rotatable bonds is 7. The highest BCUT2D eigenvalue weighted by Gasteiger charge is 2.45. The summed E-state index contributed by atoms with van der Waals surface area (Å²) >= 11 is 0. The molecule has 28 heavy (non-hydrogen) atoms. The van der Waals surface area contributed by atoms with E-state index in [4.69, 9.17) is 4.74 Å². The molecule has 6 nitrogen and oxygen atoms in total. The van der Waals surface area contributed by atoms with Gasteiger partial charge in [-0.1, -0.05) is 18.2 Å². The first-order valence-electron chi connectivity index (χ1n) is 9.14. The minimum Gasteiger partial charge on any atom is -0.495 e. The molecule has 1 amide bonds. The van der Waals surface area contributed by atoms with Crippen molar-refractivity contribution in [1.29, 1.82) is 0 Å². The minimum atomic E-state index is -3.65. The second-order valence-corrected chi connectivity index (χ2v) is 8.93. The topological polar surface area (TPSA) is 84.5 Å².